The zero-order valence-corrected chi connectivity index (χ0v) is 14.6. The van der Waals surface area contributed by atoms with E-state index in [2.05, 4.69) is 11.2 Å². The second kappa shape index (κ2) is 8.52. The van der Waals surface area contributed by atoms with Crippen molar-refractivity contribution < 1.29 is 23.3 Å². The summed E-state index contributed by atoms with van der Waals surface area (Å²) in [6, 6.07) is 3.08. The summed E-state index contributed by atoms with van der Waals surface area (Å²) in [5, 5.41) is 12.3. The summed E-state index contributed by atoms with van der Waals surface area (Å²) in [6.45, 7) is -1.07. The number of nitrogens with two attached hydrogens (primary N) is 1. The van der Waals surface area contributed by atoms with Crippen LogP contribution in [-0.2, 0) is 14.5 Å². The van der Waals surface area contributed by atoms with Crippen LogP contribution in [0.4, 0.5) is 9.18 Å². The molecule has 0 saturated heterocycles. The molecule has 0 aliphatic rings. The molecule has 0 aliphatic heterocycles. The highest BCUT2D eigenvalue weighted by molar-refractivity contribution is 7.99. The van der Waals surface area contributed by atoms with E-state index in [1.165, 1.54) is 24.3 Å². The van der Waals surface area contributed by atoms with Gasteiger partial charge < -0.3 is 16.2 Å². The number of carbonyl (C=O) groups excluding carboxylic acids is 2. The second-order valence-electron chi connectivity index (χ2n) is 4.73. The van der Waals surface area contributed by atoms with E-state index in [9.17, 15) is 23.3 Å². The van der Waals surface area contributed by atoms with Gasteiger partial charge in [-0.25, -0.2) is 13.4 Å². The van der Waals surface area contributed by atoms with Gasteiger partial charge in [-0.2, -0.15) is 0 Å². The van der Waals surface area contributed by atoms with Crippen molar-refractivity contribution in [1.29, 1.82) is 0 Å². The van der Waals surface area contributed by atoms with E-state index in [4.69, 9.17) is 28.9 Å². The first kappa shape index (κ1) is 20.5. The van der Waals surface area contributed by atoms with Crippen LogP contribution in [0.2, 0.25) is 0 Å². The minimum atomic E-state index is -3.14. The molecule has 1 aromatic rings. The molecular weight excluding hydrogens is 384 g/mol. The Kier molecular flexibility index (Phi) is 7.27. The number of rotatable bonds is 7. The first-order valence-electron chi connectivity index (χ1n) is 6.45. The zero-order valence-electron chi connectivity index (χ0n) is 12.2. The fourth-order valence-electron chi connectivity index (χ4n) is 1.79. The van der Waals surface area contributed by atoms with Crippen LogP contribution < -0.4 is 15.8 Å². The number of aliphatic hydroxyl groups excluding tert-OH is 1. The summed E-state index contributed by atoms with van der Waals surface area (Å²) < 4.78 is 27.2. The number of halogens is 3. The SMILES string of the molecule is C=S(=O)(NC(N)=O)c1ccc(C(O)C(CF)NC(=O)C(Cl)Cl)cc1. The predicted molar refractivity (Wildman–Crippen MR) is 91.0 cm³/mol. The molecule has 134 valence electrons. The molecule has 0 aromatic heterocycles. The van der Waals surface area contributed by atoms with Crippen molar-refractivity contribution in [3.8, 4) is 0 Å². The van der Waals surface area contributed by atoms with Gasteiger partial charge >= 0.3 is 6.03 Å². The Labute approximate surface area is 148 Å². The Bertz CT molecular complexity index is 698. The third kappa shape index (κ3) is 5.52. The lowest BCUT2D eigenvalue weighted by Gasteiger charge is -2.22. The summed E-state index contributed by atoms with van der Waals surface area (Å²) in [5.74, 6) is 2.53. The number of benzene rings is 1. The Morgan fingerprint density at radius 1 is 1.33 bits per heavy atom. The first-order chi connectivity index (χ1) is 11.1. The van der Waals surface area contributed by atoms with E-state index >= 15 is 0 Å². The van der Waals surface area contributed by atoms with Gasteiger partial charge in [-0.1, -0.05) is 35.3 Å². The molecule has 1 aromatic carbocycles. The number of amides is 3. The summed E-state index contributed by atoms with van der Waals surface area (Å²) in [6.07, 6.45) is -1.40. The quantitative estimate of drug-likeness (QED) is 0.396. The Morgan fingerprint density at radius 2 is 1.88 bits per heavy atom. The maximum absolute atomic E-state index is 13.1. The fourth-order valence-corrected chi connectivity index (χ4v) is 2.93. The van der Waals surface area contributed by atoms with E-state index in [1.807, 2.05) is 4.72 Å². The number of carbonyl (C=O) groups is 2. The van der Waals surface area contributed by atoms with Gasteiger partial charge in [0.1, 0.15) is 12.8 Å². The topological polar surface area (TPSA) is 122 Å². The summed E-state index contributed by atoms with van der Waals surface area (Å²) in [7, 11) is -3.14. The van der Waals surface area contributed by atoms with Crippen LogP contribution in [0.15, 0.2) is 29.2 Å². The van der Waals surface area contributed by atoms with Gasteiger partial charge in [-0.05, 0) is 23.6 Å². The van der Waals surface area contributed by atoms with Crippen LogP contribution >= 0.6 is 23.2 Å². The van der Waals surface area contributed by atoms with E-state index in [0.717, 1.165) is 0 Å². The molecule has 0 bridgehead atoms. The lowest BCUT2D eigenvalue weighted by atomic mass is 10.0. The highest BCUT2D eigenvalue weighted by Gasteiger charge is 2.25. The average Bonchev–Trinajstić information content (AvgIpc) is 2.50. The van der Waals surface area contributed by atoms with E-state index < -0.39 is 45.3 Å². The first-order valence-corrected chi connectivity index (χ1v) is 9.05. The van der Waals surface area contributed by atoms with Crippen LogP contribution in [0.3, 0.4) is 0 Å². The number of aliphatic hydroxyl groups is 1. The maximum atomic E-state index is 13.1. The second-order valence-corrected chi connectivity index (χ2v) is 7.85. The molecule has 0 saturated carbocycles. The number of primary amides is 1. The molecule has 0 heterocycles. The lowest BCUT2D eigenvalue weighted by molar-refractivity contribution is -0.121. The Hall–Kier alpha value is -1.55. The third-order valence-corrected chi connectivity index (χ3v) is 4.90. The van der Waals surface area contributed by atoms with Crippen LogP contribution in [0, 0.1) is 0 Å². The molecule has 0 spiro atoms. The molecule has 3 amide bonds. The van der Waals surface area contributed by atoms with Crippen molar-refractivity contribution >= 4 is 50.7 Å². The van der Waals surface area contributed by atoms with Gasteiger partial charge in [-0.15, -0.1) is 0 Å². The molecule has 24 heavy (non-hydrogen) atoms. The molecule has 3 atom stereocenters. The van der Waals surface area contributed by atoms with Crippen LogP contribution in [0.1, 0.15) is 11.7 Å². The monoisotopic (exact) mass is 399 g/mol. The van der Waals surface area contributed by atoms with Gasteiger partial charge in [0.25, 0.3) is 5.91 Å². The lowest BCUT2D eigenvalue weighted by Crippen LogP contribution is -2.43. The van der Waals surface area contributed by atoms with E-state index in [-0.39, 0.29) is 10.5 Å². The van der Waals surface area contributed by atoms with Crippen molar-refractivity contribution in [3.05, 3.63) is 29.8 Å². The Morgan fingerprint density at radius 3 is 2.29 bits per heavy atom. The van der Waals surface area contributed by atoms with Crippen molar-refractivity contribution in [3.63, 3.8) is 0 Å². The molecule has 0 radical (unpaired) electrons. The molecule has 5 N–H and O–H groups in total. The van der Waals surface area contributed by atoms with Gasteiger partial charge in [0.05, 0.1) is 15.7 Å². The molecule has 0 fully saturated rings. The zero-order chi connectivity index (χ0) is 18.5. The minimum absolute atomic E-state index is 0.152. The average molecular weight is 400 g/mol. The van der Waals surface area contributed by atoms with Gasteiger partial charge in [-0.3, -0.25) is 9.52 Å². The number of alkyl halides is 3. The molecule has 11 heteroatoms. The number of hydrogen-bond donors (Lipinski definition) is 4. The molecule has 3 unspecified atom stereocenters. The van der Waals surface area contributed by atoms with Gasteiger partial charge in [0, 0.05) is 4.90 Å². The predicted octanol–water partition coefficient (Wildman–Crippen LogP) is 0.637. The van der Waals surface area contributed by atoms with Crippen LogP contribution in [0.25, 0.3) is 0 Å². The molecular formula is C13H16Cl2FN3O4S. The summed E-state index contributed by atoms with van der Waals surface area (Å²) in [4.78, 5) is 20.9. The molecule has 7 nitrogen and oxygen atoms in total. The highest BCUT2D eigenvalue weighted by atomic mass is 35.5. The van der Waals surface area contributed by atoms with E-state index in [0.29, 0.717) is 0 Å². The number of nitrogens with one attached hydrogen (secondary N) is 2. The summed E-state index contributed by atoms with van der Waals surface area (Å²) in [5.41, 5.74) is 5.14. The van der Waals surface area contributed by atoms with Crippen molar-refractivity contribution in [2.75, 3.05) is 6.67 Å². The number of urea groups is 1. The normalized spacial score (nSPS) is 16.0. The highest BCUT2D eigenvalue weighted by Crippen LogP contribution is 2.20. The van der Waals surface area contributed by atoms with E-state index in [1.54, 1.807) is 0 Å². The smallest absolute Gasteiger partial charge is 0.323 e. The largest absolute Gasteiger partial charge is 0.386 e. The fraction of sp³-hybridized carbons (Fsp3) is 0.308. The maximum Gasteiger partial charge on any atom is 0.323 e. The number of hydrogen-bond acceptors (Lipinski definition) is 4. The third-order valence-electron chi connectivity index (χ3n) is 2.94. The standard InChI is InChI=1S/C13H16Cl2FN3O4S/c1-24(23,19-13(17)22)8-4-2-7(3-5-8)10(20)9(6-16)18-12(21)11(14)15/h2-5,9-11,20H,1,6H2,(H,18,21)(H3,17,19,22,23). The molecule has 1 rings (SSSR count). The summed E-state index contributed by atoms with van der Waals surface area (Å²) >= 11 is 10.7. The van der Waals surface area contributed by atoms with Gasteiger partial charge in [0.2, 0.25) is 0 Å². The van der Waals surface area contributed by atoms with Crippen LogP contribution in [-0.4, -0.2) is 44.7 Å². The molecule has 0 aliphatic carbocycles. The van der Waals surface area contributed by atoms with Crippen molar-refractivity contribution in [2.24, 2.45) is 5.73 Å². The van der Waals surface area contributed by atoms with Gasteiger partial charge in [0.15, 0.2) is 4.84 Å². The minimum Gasteiger partial charge on any atom is -0.386 e. The van der Waals surface area contributed by atoms with Crippen molar-refractivity contribution in [1.82, 2.24) is 10.0 Å². The van der Waals surface area contributed by atoms with Crippen LogP contribution in [0.5, 0.6) is 0 Å². The van der Waals surface area contributed by atoms with Crippen molar-refractivity contribution in [2.45, 2.75) is 21.9 Å². The Balaban J connectivity index is 2.94.